The molecule has 0 radical (unpaired) electrons. The molecule has 4 nitrogen and oxygen atoms in total. The second-order valence-corrected chi connectivity index (χ2v) is 14.4. The Labute approximate surface area is 318 Å². The van der Waals surface area contributed by atoms with Crippen LogP contribution in [-0.2, 0) is 0 Å². The summed E-state index contributed by atoms with van der Waals surface area (Å²) in [5.74, 6) is 0.866. The fraction of sp³-hybridized carbons (Fsp3) is 0.0392. The molecule has 260 valence electrons. The van der Waals surface area contributed by atoms with Crippen LogP contribution in [0.2, 0.25) is 0 Å². The molecule has 0 aliphatic carbocycles. The van der Waals surface area contributed by atoms with E-state index in [-0.39, 0.29) is 12.3 Å². The molecule has 10 aromatic rings. The van der Waals surface area contributed by atoms with Gasteiger partial charge in [0, 0.05) is 16.3 Å². The van der Waals surface area contributed by atoms with Gasteiger partial charge in [-0.3, -0.25) is 5.32 Å². The Bertz CT molecular complexity index is 3110. The minimum atomic E-state index is -0.261. The van der Waals surface area contributed by atoms with E-state index in [0.717, 1.165) is 55.6 Å². The van der Waals surface area contributed by atoms with Gasteiger partial charge in [0.1, 0.15) is 29.3 Å². The van der Waals surface area contributed by atoms with E-state index >= 15 is 0 Å². The Morgan fingerprint density at radius 1 is 0.436 bits per heavy atom. The number of nitrogens with one attached hydrogen (secondary N) is 2. The number of hydrogen-bond donors (Lipinski definition) is 2. The van der Waals surface area contributed by atoms with E-state index in [1.165, 1.54) is 43.4 Å². The molecule has 2 heterocycles. The molecule has 1 aromatic heterocycles. The maximum Gasteiger partial charge on any atom is 0.136 e. The summed E-state index contributed by atoms with van der Waals surface area (Å²) in [6, 6.07) is 66.9. The highest BCUT2D eigenvalue weighted by molar-refractivity contribution is 6.16. The Morgan fingerprint density at radius 2 is 1.13 bits per heavy atom. The van der Waals surface area contributed by atoms with Crippen molar-refractivity contribution in [1.82, 2.24) is 10.6 Å². The molecule has 9 aromatic carbocycles. The summed E-state index contributed by atoms with van der Waals surface area (Å²) in [7, 11) is 0. The van der Waals surface area contributed by atoms with Crippen LogP contribution in [0.15, 0.2) is 197 Å². The predicted octanol–water partition coefficient (Wildman–Crippen LogP) is 12.7. The van der Waals surface area contributed by atoms with Crippen LogP contribution >= 0.6 is 0 Å². The number of benzene rings is 9. The maximum atomic E-state index is 6.53. The Balaban J connectivity index is 1.02. The number of nitrogens with zero attached hydrogens (tertiary/aromatic N) is 1. The first-order valence-electron chi connectivity index (χ1n) is 18.9. The zero-order valence-corrected chi connectivity index (χ0v) is 29.9. The largest absolute Gasteiger partial charge is 0.456 e. The summed E-state index contributed by atoms with van der Waals surface area (Å²) in [4.78, 5) is 5.28. The number of amidine groups is 1. The van der Waals surface area contributed by atoms with Gasteiger partial charge in [0.05, 0.1) is 0 Å². The van der Waals surface area contributed by atoms with E-state index in [4.69, 9.17) is 9.41 Å². The number of hydrogen-bond acceptors (Lipinski definition) is 4. The van der Waals surface area contributed by atoms with Crippen LogP contribution in [0.1, 0.15) is 29.0 Å². The van der Waals surface area contributed by atoms with E-state index in [0.29, 0.717) is 0 Å². The third kappa shape index (κ3) is 5.38. The maximum absolute atomic E-state index is 6.53. The van der Waals surface area contributed by atoms with Crippen molar-refractivity contribution in [3.05, 3.63) is 205 Å². The molecule has 0 saturated carbocycles. The summed E-state index contributed by atoms with van der Waals surface area (Å²) in [6.45, 7) is 0. The lowest BCUT2D eigenvalue weighted by Crippen LogP contribution is -2.45. The molecule has 0 fully saturated rings. The van der Waals surface area contributed by atoms with Gasteiger partial charge in [-0.1, -0.05) is 164 Å². The fourth-order valence-corrected chi connectivity index (χ4v) is 8.51. The molecule has 11 rings (SSSR count). The summed E-state index contributed by atoms with van der Waals surface area (Å²) in [5.41, 5.74) is 9.76. The van der Waals surface area contributed by atoms with Crippen LogP contribution < -0.4 is 10.6 Å². The highest BCUT2D eigenvalue weighted by Crippen LogP contribution is 2.42. The highest BCUT2D eigenvalue weighted by Gasteiger charge is 2.27. The third-order valence-corrected chi connectivity index (χ3v) is 11.2. The first-order valence-corrected chi connectivity index (χ1v) is 18.9. The average molecular weight is 706 g/mol. The SMILES string of the molecule is c1ccc(C2=NC(c3ccc4c(ccc5ccccc54)c3)NC(c3cccc4c(-c5cccc6oc7cc(-c8ccccc8)ccc7c56)cccc34)N2)cc1. The zero-order valence-electron chi connectivity index (χ0n) is 29.9. The predicted molar refractivity (Wildman–Crippen MR) is 228 cm³/mol. The molecule has 2 unspecified atom stereocenters. The minimum absolute atomic E-state index is 0.203. The van der Waals surface area contributed by atoms with Crippen molar-refractivity contribution in [1.29, 1.82) is 0 Å². The zero-order chi connectivity index (χ0) is 36.3. The van der Waals surface area contributed by atoms with Crippen LogP contribution in [0, 0.1) is 0 Å². The van der Waals surface area contributed by atoms with E-state index in [1.807, 2.05) is 12.1 Å². The van der Waals surface area contributed by atoms with Crippen LogP contribution in [0.25, 0.3) is 76.5 Å². The standard InChI is InChI=1S/C51H35N3O/c1-3-12-32(13-4-1)35-26-29-45-47(31-35)55-46-23-11-21-43(48(45)46)41-19-9-20-42-40(41)18-10-22-44(42)51-53-49(34-15-5-2-6-16-34)52-50(54-51)37-27-28-39-36(30-37)25-24-33-14-7-8-17-38(33)39/h1-31,50-51,54H,(H,52,53). The normalized spacial score (nSPS) is 15.8. The second kappa shape index (κ2) is 12.8. The lowest BCUT2D eigenvalue weighted by atomic mass is 9.92. The number of fused-ring (bicyclic) bond motifs is 7. The van der Waals surface area contributed by atoms with Crippen LogP contribution in [0.3, 0.4) is 0 Å². The summed E-state index contributed by atoms with van der Waals surface area (Å²) in [5, 5.41) is 17.3. The second-order valence-electron chi connectivity index (χ2n) is 14.4. The van der Waals surface area contributed by atoms with Gasteiger partial charge in [0.25, 0.3) is 0 Å². The van der Waals surface area contributed by atoms with E-state index in [1.54, 1.807) is 0 Å². The van der Waals surface area contributed by atoms with Crippen molar-refractivity contribution in [3.8, 4) is 22.3 Å². The molecule has 2 N–H and O–H groups in total. The van der Waals surface area contributed by atoms with Gasteiger partial charge in [-0.2, -0.15) is 0 Å². The Morgan fingerprint density at radius 3 is 2.02 bits per heavy atom. The van der Waals surface area contributed by atoms with E-state index in [2.05, 4.69) is 187 Å². The van der Waals surface area contributed by atoms with E-state index < -0.39 is 0 Å². The molecular weight excluding hydrogens is 671 g/mol. The topological polar surface area (TPSA) is 49.6 Å². The van der Waals surface area contributed by atoms with Gasteiger partial charge in [-0.15, -0.1) is 0 Å². The van der Waals surface area contributed by atoms with Gasteiger partial charge in [-0.25, -0.2) is 4.99 Å². The average Bonchev–Trinajstić information content (AvgIpc) is 3.64. The Hall–Kier alpha value is -7.01. The fourth-order valence-electron chi connectivity index (χ4n) is 8.51. The van der Waals surface area contributed by atoms with Gasteiger partial charge in [-0.05, 0) is 90.0 Å². The van der Waals surface area contributed by atoms with Crippen molar-refractivity contribution in [2.24, 2.45) is 4.99 Å². The van der Waals surface area contributed by atoms with Gasteiger partial charge < -0.3 is 9.73 Å². The Kier molecular flexibility index (Phi) is 7.35. The molecule has 0 spiro atoms. The molecule has 0 amide bonds. The van der Waals surface area contributed by atoms with Crippen molar-refractivity contribution in [2.75, 3.05) is 0 Å². The van der Waals surface area contributed by atoms with Gasteiger partial charge >= 0.3 is 0 Å². The molecule has 0 bridgehead atoms. The lowest BCUT2D eigenvalue weighted by molar-refractivity contribution is 0.411. The van der Waals surface area contributed by atoms with Crippen molar-refractivity contribution in [2.45, 2.75) is 12.3 Å². The molecule has 0 saturated heterocycles. The quantitative estimate of drug-likeness (QED) is 0.175. The van der Waals surface area contributed by atoms with Crippen molar-refractivity contribution in [3.63, 3.8) is 0 Å². The first kappa shape index (κ1) is 31.5. The molecule has 55 heavy (non-hydrogen) atoms. The molecular formula is C51H35N3O. The van der Waals surface area contributed by atoms with Crippen LogP contribution in [0.5, 0.6) is 0 Å². The minimum Gasteiger partial charge on any atom is -0.456 e. The highest BCUT2D eigenvalue weighted by atomic mass is 16.3. The summed E-state index contributed by atoms with van der Waals surface area (Å²) in [6.07, 6.45) is -0.464. The molecule has 4 heteroatoms. The van der Waals surface area contributed by atoms with Crippen LogP contribution in [-0.4, -0.2) is 5.84 Å². The number of rotatable bonds is 5. The molecule has 2 atom stereocenters. The smallest absolute Gasteiger partial charge is 0.136 e. The van der Waals surface area contributed by atoms with Gasteiger partial charge in [0.15, 0.2) is 0 Å². The summed E-state index contributed by atoms with van der Waals surface area (Å²) >= 11 is 0. The monoisotopic (exact) mass is 705 g/mol. The lowest BCUT2D eigenvalue weighted by Gasteiger charge is -2.33. The first-order chi connectivity index (χ1) is 27.2. The van der Waals surface area contributed by atoms with Crippen molar-refractivity contribution < 1.29 is 4.42 Å². The van der Waals surface area contributed by atoms with Crippen LogP contribution in [0.4, 0.5) is 0 Å². The third-order valence-electron chi connectivity index (χ3n) is 11.2. The van der Waals surface area contributed by atoms with E-state index in [9.17, 15) is 0 Å². The van der Waals surface area contributed by atoms with Crippen molar-refractivity contribution >= 4 is 60.1 Å². The molecule has 1 aliphatic rings. The number of aliphatic imine (C=N–C) groups is 1. The van der Waals surface area contributed by atoms with Gasteiger partial charge in [0.2, 0.25) is 0 Å². The molecule has 1 aliphatic heterocycles. The number of furan rings is 1. The summed E-state index contributed by atoms with van der Waals surface area (Å²) < 4.78 is 6.53.